The molecule has 1 N–H and O–H groups in total. The first-order valence-corrected chi connectivity index (χ1v) is 6.03. The number of hydrogen-bond acceptors (Lipinski definition) is 4. The van der Waals surface area contributed by atoms with Crippen molar-refractivity contribution in [3.8, 4) is 28.6 Å². The molecule has 0 saturated carbocycles. The minimum absolute atomic E-state index is 0.169. The van der Waals surface area contributed by atoms with Crippen LogP contribution in [0.1, 0.15) is 5.56 Å². The van der Waals surface area contributed by atoms with Crippen molar-refractivity contribution >= 4 is 0 Å². The van der Waals surface area contributed by atoms with E-state index in [4.69, 9.17) is 4.52 Å². The van der Waals surface area contributed by atoms with E-state index < -0.39 is 0 Å². The third-order valence-electron chi connectivity index (χ3n) is 2.96. The average Bonchev–Trinajstić information content (AvgIpc) is 2.92. The molecular formula is C15H11FN2O2. The van der Waals surface area contributed by atoms with Gasteiger partial charge in [0.2, 0.25) is 5.82 Å². The summed E-state index contributed by atoms with van der Waals surface area (Å²) < 4.78 is 18.4. The van der Waals surface area contributed by atoms with Gasteiger partial charge in [-0.15, -0.1) is 0 Å². The summed E-state index contributed by atoms with van der Waals surface area (Å²) in [6.07, 6.45) is 0. The van der Waals surface area contributed by atoms with E-state index in [2.05, 4.69) is 10.1 Å². The van der Waals surface area contributed by atoms with Crippen LogP contribution in [-0.2, 0) is 0 Å². The summed E-state index contributed by atoms with van der Waals surface area (Å²) in [5, 5.41) is 13.1. The quantitative estimate of drug-likeness (QED) is 0.773. The Labute approximate surface area is 114 Å². The number of hydrogen-bond donors (Lipinski definition) is 1. The largest absolute Gasteiger partial charge is 0.508 e. The third kappa shape index (κ3) is 2.25. The highest BCUT2D eigenvalue weighted by Gasteiger charge is 2.11. The Kier molecular flexibility index (Phi) is 2.95. The van der Waals surface area contributed by atoms with Gasteiger partial charge in [-0.1, -0.05) is 5.16 Å². The van der Waals surface area contributed by atoms with Gasteiger partial charge in [-0.05, 0) is 55.0 Å². The normalized spacial score (nSPS) is 10.7. The van der Waals surface area contributed by atoms with Crippen LogP contribution >= 0.6 is 0 Å². The highest BCUT2D eigenvalue weighted by molar-refractivity contribution is 5.60. The molecule has 0 radical (unpaired) electrons. The Morgan fingerprint density at radius 1 is 1.05 bits per heavy atom. The number of aromatic hydroxyl groups is 1. The maximum absolute atomic E-state index is 13.2. The first-order chi connectivity index (χ1) is 9.63. The Bertz CT molecular complexity index is 751. The Morgan fingerprint density at radius 2 is 1.75 bits per heavy atom. The first-order valence-electron chi connectivity index (χ1n) is 6.03. The molecule has 0 spiro atoms. The number of halogens is 1. The smallest absolute Gasteiger partial charge is 0.258 e. The molecule has 20 heavy (non-hydrogen) atoms. The van der Waals surface area contributed by atoms with Crippen LogP contribution in [0.5, 0.6) is 5.75 Å². The molecule has 0 atom stereocenters. The number of phenols is 1. The standard InChI is InChI=1S/C15H11FN2O2/c1-9-8-11(4-7-13(9)16)14-17-15(20-18-14)10-2-5-12(19)6-3-10/h2-8,19H,1H3. The molecule has 0 fully saturated rings. The molecule has 3 rings (SSSR count). The molecule has 3 aromatic rings. The lowest BCUT2D eigenvalue weighted by atomic mass is 10.1. The molecule has 5 heteroatoms. The highest BCUT2D eigenvalue weighted by Crippen LogP contribution is 2.24. The molecule has 1 heterocycles. The van der Waals surface area contributed by atoms with Crippen molar-refractivity contribution in [3.63, 3.8) is 0 Å². The van der Waals surface area contributed by atoms with E-state index in [9.17, 15) is 9.50 Å². The zero-order valence-corrected chi connectivity index (χ0v) is 10.7. The Hall–Kier alpha value is -2.69. The lowest BCUT2D eigenvalue weighted by molar-refractivity contribution is 0.432. The number of nitrogens with zero attached hydrogens (tertiary/aromatic N) is 2. The molecule has 0 aliphatic carbocycles. The molecule has 0 saturated heterocycles. The van der Waals surface area contributed by atoms with Crippen LogP contribution in [0.3, 0.4) is 0 Å². The minimum Gasteiger partial charge on any atom is -0.508 e. The van der Waals surface area contributed by atoms with E-state index in [-0.39, 0.29) is 11.6 Å². The summed E-state index contributed by atoms with van der Waals surface area (Å²) in [5.74, 6) is 0.650. The third-order valence-corrected chi connectivity index (χ3v) is 2.96. The van der Waals surface area contributed by atoms with Crippen molar-refractivity contribution in [3.05, 3.63) is 53.8 Å². The zero-order valence-electron chi connectivity index (χ0n) is 10.7. The fourth-order valence-corrected chi connectivity index (χ4v) is 1.85. The van der Waals surface area contributed by atoms with Gasteiger partial charge in [-0.3, -0.25) is 0 Å². The average molecular weight is 270 g/mol. The van der Waals surface area contributed by atoms with Crippen LogP contribution in [-0.4, -0.2) is 15.2 Å². The van der Waals surface area contributed by atoms with Gasteiger partial charge in [0, 0.05) is 11.1 Å². The van der Waals surface area contributed by atoms with Crippen LogP contribution in [0.15, 0.2) is 47.0 Å². The fourth-order valence-electron chi connectivity index (χ4n) is 1.85. The maximum atomic E-state index is 13.2. The summed E-state index contributed by atoms with van der Waals surface area (Å²) in [6.45, 7) is 1.68. The first kappa shape index (κ1) is 12.3. The van der Waals surface area contributed by atoms with E-state index in [1.165, 1.54) is 6.07 Å². The van der Waals surface area contributed by atoms with Gasteiger partial charge in [0.05, 0.1) is 0 Å². The van der Waals surface area contributed by atoms with Crippen LogP contribution in [0.25, 0.3) is 22.8 Å². The van der Waals surface area contributed by atoms with Crippen molar-refractivity contribution in [1.82, 2.24) is 10.1 Å². The van der Waals surface area contributed by atoms with E-state index in [0.717, 1.165) is 0 Å². The van der Waals surface area contributed by atoms with Crippen LogP contribution < -0.4 is 0 Å². The number of phenolic OH excluding ortho intramolecular Hbond substituents is 1. The molecule has 0 aliphatic rings. The summed E-state index contributed by atoms with van der Waals surface area (Å²) in [5.41, 5.74) is 1.93. The van der Waals surface area contributed by atoms with Crippen molar-refractivity contribution in [2.45, 2.75) is 6.92 Å². The predicted molar refractivity (Wildman–Crippen MR) is 71.5 cm³/mol. The molecular weight excluding hydrogens is 259 g/mol. The van der Waals surface area contributed by atoms with Gasteiger partial charge in [-0.25, -0.2) is 4.39 Å². The maximum Gasteiger partial charge on any atom is 0.258 e. The van der Waals surface area contributed by atoms with Gasteiger partial charge >= 0.3 is 0 Å². The van der Waals surface area contributed by atoms with Gasteiger partial charge in [-0.2, -0.15) is 4.98 Å². The second-order valence-corrected chi connectivity index (χ2v) is 4.43. The summed E-state index contributed by atoms with van der Waals surface area (Å²) in [7, 11) is 0. The van der Waals surface area contributed by atoms with Gasteiger partial charge in [0.15, 0.2) is 0 Å². The number of benzene rings is 2. The van der Waals surface area contributed by atoms with Gasteiger partial charge < -0.3 is 9.63 Å². The van der Waals surface area contributed by atoms with Crippen LogP contribution in [0, 0.1) is 12.7 Å². The molecule has 0 amide bonds. The van der Waals surface area contributed by atoms with E-state index >= 15 is 0 Å². The molecule has 2 aromatic carbocycles. The molecule has 4 nitrogen and oxygen atoms in total. The van der Waals surface area contributed by atoms with E-state index in [0.29, 0.717) is 28.4 Å². The van der Waals surface area contributed by atoms with Crippen LogP contribution in [0.2, 0.25) is 0 Å². The SMILES string of the molecule is Cc1cc(-c2noc(-c3ccc(O)cc3)n2)ccc1F. The monoisotopic (exact) mass is 270 g/mol. The molecule has 100 valence electrons. The lowest BCUT2D eigenvalue weighted by Crippen LogP contribution is -1.86. The fraction of sp³-hybridized carbons (Fsp3) is 0.0667. The molecule has 0 unspecified atom stereocenters. The van der Waals surface area contributed by atoms with Crippen molar-refractivity contribution < 1.29 is 14.0 Å². The molecule has 1 aromatic heterocycles. The van der Waals surface area contributed by atoms with Crippen LogP contribution in [0.4, 0.5) is 4.39 Å². The van der Waals surface area contributed by atoms with E-state index in [1.807, 2.05) is 0 Å². The van der Waals surface area contributed by atoms with Crippen molar-refractivity contribution in [1.29, 1.82) is 0 Å². The topological polar surface area (TPSA) is 59.2 Å². The summed E-state index contributed by atoms with van der Waals surface area (Å²) in [6, 6.07) is 11.1. The number of rotatable bonds is 2. The summed E-state index contributed by atoms with van der Waals surface area (Å²) >= 11 is 0. The van der Waals surface area contributed by atoms with Gasteiger partial charge in [0.25, 0.3) is 5.89 Å². The summed E-state index contributed by atoms with van der Waals surface area (Å²) in [4.78, 5) is 4.27. The van der Waals surface area contributed by atoms with Crippen molar-refractivity contribution in [2.75, 3.05) is 0 Å². The zero-order chi connectivity index (χ0) is 14.1. The van der Waals surface area contributed by atoms with E-state index in [1.54, 1.807) is 43.3 Å². The Balaban J connectivity index is 1.97. The Morgan fingerprint density at radius 3 is 2.45 bits per heavy atom. The van der Waals surface area contributed by atoms with Gasteiger partial charge in [0.1, 0.15) is 11.6 Å². The lowest BCUT2D eigenvalue weighted by Gasteiger charge is -1.98. The number of aryl methyl sites for hydroxylation is 1. The predicted octanol–water partition coefficient (Wildman–Crippen LogP) is 3.56. The molecule has 0 aliphatic heterocycles. The second-order valence-electron chi connectivity index (χ2n) is 4.43. The molecule has 0 bridgehead atoms. The second kappa shape index (κ2) is 4.77. The minimum atomic E-state index is -0.268. The number of aromatic nitrogens is 2. The van der Waals surface area contributed by atoms with Crippen molar-refractivity contribution in [2.24, 2.45) is 0 Å². The highest BCUT2D eigenvalue weighted by atomic mass is 19.1.